The smallest absolute Gasteiger partial charge is 0.309 e. The predicted molar refractivity (Wildman–Crippen MR) is 78.6 cm³/mol. The van der Waals surface area contributed by atoms with Crippen LogP contribution in [0.5, 0.6) is 0 Å². The van der Waals surface area contributed by atoms with Gasteiger partial charge in [-0.15, -0.1) is 0 Å². The van der Waals surface area contributed by atoms with Crippen molar-refractivity contribution in [2.75, 3.05) is 26.8 Å². The van der Waals surface area contributed by atoms with Crippen LogP contribution in [0.1, 0.15) is 33.6 Å². The first-order chi connectivity index (χ1) is 9.84. The summed E-state index contributed by atoms with van der Waals surface area (Å²) in [5.74, 6) is -3.03. The first-order valence-electron chi connectivity index (χ1n) is 6.95. The first kappa shape index (κ1) is 20.0. The number of esters is 1. The van der Waals surface area contributed by atoms with Gasteiger partial charge in [0.1, 0.15) is 0 Å². The maximum atomic E-state index is 11.7. The van der Waals surface area contributed by atoms with Crippen molar-refractivity contribution in [3.05, 3.63) is 0 Å². The molecule has 0 fully saturated rings. The van der Waals surface area contributed by atoms with E-state index in [1.54, 1.807) is 4.31 Å². The SMILES string of the molecule is CCCN(CCCOC(=O)C(C)C(C)C(=O)O)S(=O)OC. The number of carboxylic acids is 1. The zero-order valence-corrected chi connectivity index (χ0v) is 13.9. The molecule has 0 aliphatic carbocycles. The largest absolute Gasteiger partial charge is 0.481 e. The number of carbonyl (C=O) groups excluding carboxylic acids is 1. The van der Waals surface area contributed by atoms with E-state index >= 15 is 0 Å². The van der Waals surface area contributed by atoms with Gasteiger partial charge in [0, 0.05) is 13.1 Å². The molecule has 0 spiro atoms. The second-order valence-corrected chi connectivity index (χ2v) is 6.03. The molecule has 0 bridgehead atoms. The Balaban J connectivity index is 4.10. The molecular weight excluding hydrogens is 298 g/mol. The molecule has 1 N–H and O–H groups in total. The normalized spacial score (nSPS) is 15.5. The average molecular weight is 323 g/mol. The number of aliphatic carboxylic acids is 1. The van der Waals surface area contributed by atoms with Crippen LogP contribution in [-0.4, -0.2) is 52.4 Å². The van der Waals surface area contributed by atoms with Crippen molar-refractivity contribution in [3.8, 4) is 0 Å². The molecule has 0 saturated heterocycles. The maximum absolute atomic E-state index is 11.7. The Kier molecular flexibility index (Phi) is 10.2. The van der Waals surface area contributed by atoms with E-state index in [-0.39, 0.29) is 6.61 Å². The quantitative estimate of drug-likeness (QED) is 0.454. The molecule has 3 atom stereocenters. The second kappa shape index (κ2) is 10.7. The molecule has 0 radical (unpaired) electrons. The van der Waals surface area contributed by atoms with Gasteiger partial charge in [-0.1, -0.05) is 20.8 Å². The second-order valence-electron chi connectivity index (χ2n) is 4.75. The number of hydrogen-bond donors (Lipinski definition) is 1. The Morgan fingerprint density at radius 3 is 2.33 bits per heavy atom. The highest BCUT2D eigenvalue weighted by Crippen LogP contribution is 2.13. The summed E-state index contributed by atoms with van der Waals surface area (Å²) in [6.45, 7) is 6.24. The summed E-state index contributed by atoms with van der Waals surface area (Å²) in [6, 6.07) is 0. The van der Waals surface area contributed by atoms with Gasteiger partial charge in [0.05, 0.1) is 25.6 Å². The van der Waals surface area contributed by atoms with Crippen molar-refractivity contribution >= 4 is 23.2 Å². The highest BCUT2D eigenvalue weighted by atomic mass is 32.2. The number of carbonyl (C=O) groups is 2. The van der Waals surface area contributed by atoms with E-state index in [0.29, 0.717) is 19.5 Å². The fourth-order valence-electron chi connectivity index (χ4n) is 1.58. The van der Waals surface area contributed by atoms with Crippen molar-refractivity contribution in [2.24, 2.45) is 11.8 Å². The summed E-state index contributed by atoms with van der Waals surface area (Å²) in [6.07, 6.45) is 1.34. The molecule has 0 amide bonds. The third-order valence-electron chi connectivity index (χ3n) is 3.13. The molecular formula is C13H25NO6S. The van der Waals surface area contributed by atoms with Crippen LogP contribution >= 0.6 is 0 Å². The van der Waals surface area contributed by atoms with E-state index in [2.05, 4.69) is 0 Å². The molecule has 0 aliphatic rings. The lowest BCUT2D eigenvalue weighted by molar-refractivity contribution is -0.156. The minimum Gasteiger partial charge on any atom is -0.481 e. The van der Waals surface area contributed by atoms with Gasteiger partial charge in [0.2, 0.25) is 11.3 Å². The molecule has 0 aromatic carbocycles. The molecule has 124 valence electrons. The molecule has 21 heavy (non-hydrogen) atoms. The van der Waals surface area contributed by atoms with Gasteiger partial charge in [0.15, 0.2) is 0 Å². The van der Waals surface area contributed by atoms with Crippen LogP contribution in [-0.2, 0) is 29.8 Å². The van der Waals surface area contributed by atoms with Crippen molar-refractivity contribution in [2.45, 2.75) is 33.6 Å². The van der Waals surface area contributed by atoms with Crippen LogP contribution in [0.2, 0.25) is 0 Å². The van der Waals surface area contributed by atoms with Gasteiger partial charge in [-0.2, -0.15) is 0 Å². The van der Waals surface area contributed by atoms with E-state index in [1.807, 2.05) is 6.92 Å². The molecule has 7 nitrogen and oxygen atoms in total. The molecule has 8 heteroatoms. The molecule has 0 aromatic rings. The average Bonchev–Trinajstić information content (AvgIpc) is 2.47. The van der Waals surface area contributed by atoms with E-state index < -0.39 is 35.0 Å². The van der Waals surface area contributed by atoms with Crippen LogP contribution in [0.15, 0.2) is 0 Å². The van der Waals surface area contributed by atoms with Gasteiger partial charge in [-0.25, -0.2) is 8.51 Å². The highest BCUT2D eigenvalue weighted by Gasteiger charge is 2.26. The van der Waals surface area contributed by atoms with E-state index in [9.17, 15) is 13.8 Å². The summed E-state index contributed by atoms with van der Waals surface area (Å²) in [7, 11) is 1.37. The lowest BCUT2D eigenvalue weighted by Crippen LogP contribution is -2.30. The lowest BCUT2D eigenvalue weighted by atomic mass is 9.96. The minimum atomic E-state index is -1.49. The molecule has 0 saturated carbocycles. The number of carboxylic acid groups (broad SMARTS) is 1. The monoisotopic (exact) mass is 323 g/mol. The summed E-state index contributed by atoms with van der Waals surface area (Å²) in [5, 5.41) is 8.83. The van der Waals surface area contributed by atoms with Crippen molar-refractivity contribution in [1.29, 1.82) is 0 Å². The standard InChI is InChI=1S/C13H25NO6S/c1-5-7-14(21(18)19-4)8-6-9-20-13(17)11(3)10(2)12(15)16/h10-11H,5-9H2,1-4H3,(H,15,16). The van der Waals surface area contributed by atoms with Gasteiger partial charge in [-0.3, -0.25) is 13.8 Å². The third kappa shape index (κ3) is 7.54. The molecule has 3 unspecified atom stereocenters. The van der Waals surface area contributed by atoms with Crippen LogP contribution < -0.4 is 0 Å². The molecule has 0 aliphatic heterocycles. The summed E-state index contributed by atoms with van der Waals surface area (Å²) in [5.41, 5.74) is 0. The van der Waals surface area contributed by atoms with Crippen LogP contribution in [0.3, 0.4) is 0 Å². The highest BCUT2D eigenvalue weighted by molar-refractivity contribution is 7.77. The number of ether oxygens (including phenoxy) is 1. The van der Waals surface area contributed by atoms with Gasteiger partial charge >= 0.3 is 11.9 Å². The minimum absolute atomic E-state index is 0.163. The van der Waals surface area contributed by atoms with Gasteiger partial charge in [0.25, 0.3) is 0 Å². The van der Waals surface area contributed by atoms with Crippen LogP contribution in [0.4, 0.5) is 0 Å². The first-order valence-corrected chi connectivity index (χ1v) is 7.99. The van der Waals surface area contributed by atoms with E-state index in [0.717, 1.165) is 6.42 Å². The van der Waals surface area contributed by atoms with Crippen LogP contribution in [0.25, 0.3) is 0 Å². The van der Waals surface area contributed by atoms with E-state index in [1.165, 1.54) is 21.0 Å². The zero-order chi connectivity index (χ0) is 16.4. The Hall–Kier alpha value is -0.990. The van der Waals surface area contributed by atoms with E-state index in [4.69, 9.17) is 14.0 Å². The number of nitrogens with zero attached hydrogens (tertiary/aromatic N) is 1. The predicted octanol–water partition coefficient (Wildman–Crippen LogP) is 1.21. The Labute approximate surface area is 128 Å². The lowest BCUT2D eigenvalue weighted by Gasteiger charge is -2.19. The van der Waals surface area contributed by atoms with Crippen molar-refractivity contribution < 1.29 is 27.8 Å². The molecule has 0 heterocycles. The third-order valence-corrected chi connectivity index (χ3v) is 4.21. The van der Waals surface area contributed by atoms with Crippen molar-refractivity contribution in [3.63, 3.8) is 0 Å². The summed E-state index contributed by atoms with van der Waals surface area (Å²) < 4.78 is 23.0. The fourth-order valence-corrected chi connectivity index (χ4v) is 2.40. The Morgan fingerprint density at radius 1 is 1.24 bits per heavy atom. The van der Waals surface area contributed by atoms with Gasteiger partial charge in [-0.05, 0) is 12.8 Å². The zero-order valence-electron chi connectivity index (χ0n) is 13.0. The van der Waals surface area contributed by atoms with Crippen LogP contribution in [0, 0.1) is 11.8 Å². The molecule has 0 rings (SSSR count). The topological polar surface area (TPSA) is 93.1 Å². The number of rotatable bonds is 11. The van der Waals surface area contributed by atoms with Gasteiger partial charge < -0.3 is 9.84 Å². The van der Waals surface area contributed by atoms with Crippen molar-refractivity contribution in [1.82, 2.24) is 4.31 Å². The Bertz CT molecular complexity index is 363. The maximum Gasteiger partial charge on any atom is 0.309 e. The molecule has 0 aromatic heterocycles. The fraction of sp³-hybridized carbons (Fsp3) is 0.846. The number of hydrogen-bond acceptors (Lipinski definition) is 5. The Morgan fingerprint density at radius 2 is 1.86 bits per heavy atom. The summed E-state index contributed by atoms with van der Waals surface area (Å²) >= 11 is -1.49. The summed E-state index contributed by atoms with van der Waals surface area (Å²) in [4.78, 5) is 22.4.